The average molecular weight is 269 g/mol. The molecule has 0 saturated carbocycles. The number of nitrogens with two attached hydrogens (primary N) is 1. The number of hydrogen-bond acceptors (Lipinski definition) is 4. The number of hydrazine groups is 1. The van der Waals surface area contributed by atoms with Crippen molar-refractivity contribution in [3.05, 3.63) is 58.9 Å². The third kappa shape index (κ3) is 2.28. The Bertz CT molecular complexity index is 612. The summed E-state index contributed by atoms with van der Waals surface area (Å²) in [6, 6.07) is 8.16. The van der Waals surface area contributed by atoms with Crippen LogP contribution in [0.2, 0.25) is 0 Å². The lowest BCUT2D eigenvalue weighted by molar-refractivity contribution is 0.283. The molecule has 0 spiro atoms. The van der Waals surface area contributed by atoms with Gasteiger partial charge in [0, 0.05) is 18.0 Å². The summed E-state index contributed by atoms with van der Waals surface area (Å²) in [6.45, 7) is 2.84. The van der Waals surface area contributed by atoms with Gasteiger partial charge in [0.05, 0.1) is 12.6 Å². The number of pyridine rings is 1. The van der Waals surface area contributed by atoms with Gasteiger partial charge in [-0.3, -0.25) is 10.8 Å². The highest BCUT2D eigenvalue weighted by Crippen LogP contribution is 2.35. The van der Waals surface area contributed by atoms with E-state index in [1.807, 2.05) is 12.3 Å². The number of para-hydroxylation sites is 1. The molecule has 4 heteroatoms. The number of hydrogen-bond donors (Lipinski definition) is 2. The molecule has 0 radical (unpaired) electrons. The summed E-state index contributed by atoms with van der Waals surface area (Å²) in [5.74, 6) is 6.78. The lowest BCUT2D eigenvalue weighted by Gasteiger charge is -2.25. The minimum absolute atomic E-state index is 0.100. The molecule has 0 fully saturated rings. The van der Waals surface area contributed by atoms with Crippen molar-refractivity contribution < 1.29 is 4.74 Å². The topological polar surface area (TPSA) is 60.2 Å². The Balaban J connectivity index is 2.09. The van der Waals surface area contributed by atoms with Crippen LogP contribution in [0.1, 0.15) is 34.7 Å². The lowest BCUT2D eigenvalue weighted by atomic mass is 9.93. The van der Waals surface area contributed by atoms with E-state index in [0.717, 1.165) is 41.9 Å². The molecule has 0 bridgehead atoms. The summed E-state index contributed by atoms with van der Waals surface area (Å²) < 4.78 is 5.88. The van der Waals surface area contributed by atoms with Crippen LogP contribution < -0.4 is 16.0 Å². The first-order chi connectivity index (χ1) is 9.81. The molecular formula is C16H19N3O. The molecule has 20 heavy (non-hydrogen) atoms. The van der Waals surface area contributed by atoms with Gasteiger partial charge in [0.15, 0.2) is 0 Å². The van der Waals surface area contributed by atoms with Gasteiger partial charge >= 0.3 is 0 Å². The Labute approximate surface area is 119 Å². The maximum absolute atomic E-state index is 5.88. The monoisotopic (exact) mass is 269 g/mol. The van der Waals surface area contributed by atoms with E-state index in [-0.39, 0.29) is 6.04 Å². The summed E-state index contributed by atoms with van der Waals surface area (Å²) in [6.07, 6.45) is 5.79. The third-order valence-corrected chi connectivity index (χ3v) is 3.83. The molecule has 1 aromatic carbocycles. The Hall–Kier alpha value is -1.91. The number of benzene rings is 1. The number of fused-ring (bicyclic) bond motifs is 1. The van der Waals surface area contributed by atoms with E-state index < -0.39 is 0 Å². The highest BCUT2D eigenvalue weighted by molar-refractivity contribution is 5.48. The molecule has 1 unspecified atom stereocenters. The Morgan fingerprint density at radius 1 is 1.30 bits per heavy atom. The quantitative estimate of drug-likeness (QED) is 0.663. The minimum atomic E-state index is -0.100. The van der Waals surface area contributed by atoms with E-state index in [4.69, 9.17) is 10.6 Å². The van der Waals surface area contributed by atoms with Crippen LogP contribution in [-0.2, 0) is 6.42 Å². The van der Waals surface area contributed by atoms with E-state index in [9.17, 15) is 0 Å². The predicted octanol–water partition coefficient (Wildman–Crippen LogP) is 2.27. The number of nitrogens with one attached hydrogen (secondary N) is 1. The second kappa shape index (κ2) is 5.61. The van der Waals surface area contributed by atoms with Gasteiger partial charge in [-0.2, -0.15) is 0 Å². The molecule has 2 heterocycles. The first-order valence-corrected chi connectivity index (χ1v) is 6.92. The zero-order valence-electron chi connectivity index (χ0n) is 11.6. The molecule has 0 aliphatic carbocycles. The lowest BCUT2D eigenvalue weighted by Crippen LogP contribution is -2.30. The van der Waals surface area contributed by atoms with Crippen molar-refractivity contribution in [1.29, 1.82) is 0 Å². The van der Waals surface area contributed by atoms with E-state index in [1.165, 1.54) is 5.56 Å². The van der Waals surface area contributed by atoms with E-state index in [0.29, 0.717) is 0 Å². The molecule has 1 atom stereocenters. The highest BCUT2D eigenvalue weighted by atomic mass is 16.5. The Morgan fingerprint density at radius 2 is 2.20 bits per heavy atom. The first kappa shape index (κ1) is 13.1. The second-order valence-corrected chi connectivity index (χ2v) is 5.12. The summed E-state index contributed by atoms with van der Waals surface area (Å²) in [5.41, 5.74) is 7.49. The van der Waals surface area contributed by atoms with Crippen molar-refractivity contribution in [3.63, 3.8) is 0 Å². The third-order valence-electron chi connectivity index (χ3n) is 3.83. The number of ether oxygens (including phenoxy) is 1. The molecule has 1 aliphatic heterocycles. The number of aromatic nitrogens is 1. The zero-order chi connectivity index (χ0) is 13.9. The standard InChI is InChI=1S/C16H19N3O/c1-11-7-8-18-10-14(11)15(19-17)13-6-2-4-12-5-3-9-20-16(12)13/h2,4,6-8,10,15,19H,3,5,9,17H2,1H3. The number of nitrogens with zero attached hydrogens (tertiary/aromatic N) is 1. The second-order valence-electron chi connectivity index (χ2n) is 5.12. The fourth-order valence-corrected chi connectivity index (χ4v) is 2.77. The summed E-state index contributed by atoms with van der Waals surface area (Å²) in [5, 5.41) is 0. The fourth-order valence-electron chi connectivity index (χ4n) is 2.77. The molecule has 4 nitrogen and oxygen atoms in total. The van der Waals surface area contributed by atoms with Crippen LogP contribution in [0.4, 0.5) is 0 Å². The van der Waals surface area contributed by atoms with Crippen molar-refractivity contribution in [3.8, 4) is 5.75 Å². The van der Waals surface area contributed by atoms with E-state index in [1.54, 1.807) is 6.20 Å². The van der Waals surface area contributed by atoms with Gasteiger partial charge in [-0.25, -0.2) is 5.43 Å². The normalized spacial score (nSPS) is 15.3. The maximum Gasteiger partial charge on any atom is 0.127 e. The molecule has 1 aromatic heterocycles. The van der Waals surface area contributed by atoms with Crippen LogP contribution in [0.15, 0.2) is 36.7 Å². The summed E-state index contributed by atoms with van der Waals surface area (Å²) in [4.78, 5) is 4.22. The van der Waals surface area contributed by atoms with Crippen LogP contribution in [0.5, 0.6) is 5.75 Å². The van der Waals surface area contributed by atoms with Gasteiger partial charge in [0.1, 0.15) is 5.75 Å². The molecule has 3 rings (SSSR count). The van der Waals surface area contributed by atoms with Gasteiger partial charge in [0.2, 0.25) is 0 Å². The van der Waals surface area contributed by atoms with Gasteiger partial charge in [-0.1, -0.05) is 18.2 Å². The Kier molecular flexibility index (Phi) is 3.67. The minimum Gasteiger partial charge on any atom is -0.493 e. The van der Waals surface area contributed by atoms with Gasteiger partial charge in [-0.15, -0.1) is 0 Å². The molecule has 0 amide bonds. The van der Waals surface area contributed by atoms with Gasteiger partial charge < -0.3 is 4.74 Å². The molecule has 1 aliphatic rings. The van der Waals surface area contributed by atoms with Crippen LogP contribution in [0, 0.1) is 6.92 Å². The molecular weight excluding hydrogens is 250 g/mol. The molecule has 2 aromatic rings. The van der Waals surface area contributed by atoms with Crippen molar-refractivity contribution in [2.45, 2.75) is 25.8 Å². The van der Waals surface area contributed by atoms with Crippen molar-refractivity contribution in [2.24, 2.45) is 5.84 Å². The first-order valence-electron chi connectivity index (χ1n) is 6.92. The van der Waals surface area contributed by atoms with Crippen LogP contribution >= 0.6 is 0 Å². The number of aryl methyl sites for hydroxylation is 2. The highest BCUT2D eigenvalue weighted by Gasteiger charge is 2.22. The summed E-state index contributed by atoms with van der Waals surface area (Å²) >= 11 is 0. The smallest absolute Gasteiger partial charge is 0.127 e. The maximum atomic E-state index is 5.88. The van der Waals surface area contributed by atoms with Gasteiger partial charge in [0.25, 0.3) is 0 Å². The van der Waals surface area contributed by atoms with Gasteiger partial charge in [-0.05, 0) is 42.5 Å². The molecule has 0 saturated heterocycles. The average Bonchev–Trinajstić information content (AvgIpc) is 2.50. The number of rotatable bonds is 3. The zero-order valence-corrected chi connectivity index (χ0v) is 11.6. The molecule has 104 valence electrons. The van der Waals surface area contributed by atoms with E-state index >= 15 is 0 Å². The largest absolute Gasteiger partial charge is 0.493 e. The van der Waals surface area contributed by atoms with Crippen LogP contribution in [-0.4, -0.2) is 11.6 Å². The SMILES string of the molecule is Cc1ccncc1C(NN)c1cccc2c1OCCC2. The van der Waals surface area contributed by atoms with Crippen LogP contribution in [0.3, 0.4) is 0 Å². The predicted molar refractivity (Wildman–Crippen MR) is 78.4 cm³/mol. The van der Waals surface area contributed by atoms with Crippen molar-refractivity contribution in [2.75, 3.05) is 6.61 Å². The Morgan fingerprint density at radius 3 is 3.00 bits per heavy atom. The van der Waals surface area contributed by atoms with E-state index in [2.05, 4.69) is 35.5 Å². The van der Waals surface area contributed by atoms with Crippen molar-refractivity contribution in [1.82, 2.24) is 10.4 Å². The molecule has 3 N–H and O–H groups in total. The summed E-state index contributed by atoms with van der Waals surface area (Å²) in [7, 11) is 0. The fraction of sp³-hybridized carbons (Fsp3) is 0.312. The van der Waals surface area contributed by atoms with Crippen molar-refractivity contribution >= 4 is 0 Å². The van der Waals surface area contributed by atoms with Crippen LogP contribution in [0.25, 0.3) is 0 Å².